The number of hydrogen-bond donors (Lipinski definition) is 0. The lowest BCUT2D eigenvalue weighted by atomic mass is 9.89. The van der Waals surface area contributed by atoms with Crippen molar-refractivity contribution in [1.29, 1.82) is 0 Å². The molecule has 1 saturated heterocycles. The molecule has 2 atom stereocenters. The molecule has 4 heteroatoms. The summed E-state index contributed by atoms with van der Waals surface area (Å²) in [4.78, 5) is 0. The Morgan fingerprint density at radius 1 is 0.756 bits per heavy atom. The smallest absolute Gasteiger partial charge is 0.201 e. The highest BCUT2D eigenvalue weighted by Crippen LogP contribution is 2.34. The average molecular weight is 553 g/mol. The maximum absolute atomic E-state index is 14.7. The molecule has 0 amide bonds. The fourth-order valence-corrected chi connectivity index (χ4v) is 5.47. The van der Waals surface area contributed by atoms with Crippen LogP contribution in [-0.4, -0.2) is 19.3 Å². The molecule has 4 aromatic carbocycles. The standard InChI is InChI=1S/C37H38F2O2/c1-3-5-6-7-33-21-20-32(25-41-33)30-14-12-28(13-15-30)26-8-10-27(11-9-26)29-16-18-31(19-17-29)34-22-23-35(40-24-4-2)37(39)36(34)38/h3,5,8-19,22-23,32-33H,4,6-7,20-21,24-25H2,1-2H3/b5-3+. The second-order valence-corrected chi connectivity index (χ2v) is 10.7. The molecule has 5 rings (SSSR count). The van der Waals surface area contributed by atoms with Crippen LogP contribution < -0.4 is 4.74 Å². The molecule has 1 heterocycles. The van der Waals surface area contributed by atoms with E-state index in [2.05, 4.69) is 67.6 Å². The van der Waals surface area contributed by atoms with Gasteiger partial charge in [-0.1, -0.05) is 91.9 Å². The van der Waals surface area contributed by atoms with Crippen LogP contribution in [0.2, 0.25) is 0 Å². The van der Waals surface area contributed by atoms with Crippen molar-refractivity contribution in [2.75, 3.05) is 13.2 Å². The molecule has 0 N–H and O–H groups in total. The molecular formula is C37H38F2O2. The highest BCUT2D eigenvalue weighted by Gasteiger charge is 2.22. The summed E-state index contributed by atoms with van der Waals surface area (Å²) in [6, 6.07) is 27.9. The first-order chi connectivity index (χ1) is 20.1. The van der Waals surface area contributed by atoms with Crippen LogP contribution in [0, 0.1) is 11.6 Å². The quantitative estimate of drug-likeness (QED) is 0.182. The fourth-order valence-electron chi connectivity index (χ4n) is 5.47. The molecule has 0 spiro atoms. The molecule has 0 aliphatic carbocycles. The Hall–Kier alpha value is -3.76. The van der Waals surface area contributed by atoms with Crippen molar-refractivity contribution in [3.8, 4) is 39.1 Å². The van der Waals surface area contributed by atoms with E-state index in [9.17, 15) is 8.78 Å². The van der Waals surface area contributed by atoms with E-state index < -0.39 is 11.6 Å². The minimum absolute atomic E-state index is 0.0493. The Kier molecular flexibility index (Phi) is 9.63. The molecule has 1 aliphatic rings. The SMILES string of the molecule is C/C=C/CCC1CCC(c2ccc(-c3ccc(-c4ccc(-c5ccc(OCCC)c(F)c5F)cc4)cc3)cc2)CO1. The summed E-state index contributed by atoms with van der Waals surface area (Å²) >= 11 is 0. The zero-order valence-electron chi connectivity index (χ0n) is 23.9. The Morgan fingerprint density at radius 2 is 1.34 bits per heavy atom. The average Bonchev–Trinajstić information content (AvgIpc) is 3.03. The normalized spacial score (nSPS) is 17.2. The molecule has 0 aromatic heterocycles. The van der Waals surface area contributed by atoms with Gasteiger partial charge in [0.1, 0.15) is 0 Å². The summed E-state index contributed by atoms with van der Waals surface area (Å²) in [5.41, 5.74) is 6.61. The Morgan fingerprint density at radius 3 is 1.88 bits per heavy atom. The maximum atomic E-state index is 14.7. The highest BCUT2D eigenvalue weighted by molar-refractivity contribution is 5.73. The molecule has 1 fully saturated rings. The van der Waals surface area contributed by atoms with Crippen molar-refractivity contribution >= 4 is 0 Å². The van der Waals surface area contributed by atoms with E-state index in [4.69, 9.17) is 9.47 Å². The summed E-state index contributed by atoms with van der Waals surface area (Å²) in [7, 11) is 0. The van der Waals surface area contributed by atoms with Crippen LogP contribution in [0.4, 0.5) is 8.78 Å². The van der Waals surface area contributed by atoms with Crippen molar-refractivity contribution in [1.82, 2.24) is 0 Å². The molecule has 2 unspecified atom stereocenters. The van der Waals surface area contributed by atoms with E-state index >= 15 is 0 Å². The number of allylic oxidation sites excluding steroid dienone is 2. The largest absolute Gasteiger partial charge is 0.490 e. The number of hydrogen-bond acceptors (Lipinski definition) is 2. The lowest BCUT2D eigenvalue weighted by Crippen LogP contribution is -2.24. The van der Waals surface area contributed by atoms with Crippen LogP contribution in [0.5, 0.6) is 5.75 Å². The summed E-state index contributed by atoms with van der Waals surface area (Å²) in [5.74, 6) is -1.42. The lowest BCUT2D eigenvalue weighted by molar-refractivity contribution is -0.000184. The van der Waals surface area contributed by atoms with Gasteiger partial charge < -0.3 is 9.47 Å². The van der Waals surface area contributed by atoms with Gasteiger partial charge in [-0.15, -0.1) is 0 Å². The van der Waals surface area contributed by atoms with E-state index in [1.165, 1.54) is 23.6 Å². The summed E-state index contributed by atoms with van der Waals surface area (Å²) in [6.07, 6.45) is 9.94. The summed E-state index contributed by atoms with van der Waals surface area (Å²) < 4.78 is 40.7. The van der Waals surface area contributed by atoms with Crippen LogP contribution >= 0.6 is 0 Å². The lowest BCUT2D eigenvalue weighted by Gasteiger charge is -2.29. The van der Waals surface area contributed by atoms with Gasteiger partial charge in [-0.2, -0.15) is 4.39 Å². The van der Waals surface area contributed by atoms with Gasteiger partial charge >= 0.3 is 0 Å². The third kappa shape index (κ3) is 6.94. The second-order valence-electron chi connectivity index (χ2n) is 10.7. The van der Waals surface area contributed by atoms with E-state index in [1.807, 2.05) is 31.2 Å². The number of ether oxygens (including phenoxy) is 2. The summed E-state index contributed by atoms with van der Waals surface area (Å²) in [6.45, 7) is 5.13. The summed E-state index contributed by atoms with van der Waals surface area (Å²) in [5, 5.41) is 0. The van der Waals surface area contributed by atoms with Gasteiger partial charge in [0, 0.05) is 11.5 Å². The monoisotopic (exact) mass is 552 g/mol. The third-order valence-electron chi connectivity index (χ3n) is 7.90. The van der Waals surface area contributed by atoms with E-state index in [1.54, 1.807) is 6.07 Å². The first kappa shape index (κ1) is 28.8. The molecule has 0 bridgehead atoms. The van der Waals surface area contributed by atoms with Gasteiger partial charge in [-0.05, 0) is 84.5 Å². The predicted octanol–water partition coefficient (Wildman–Crippen LogP) is 10.4. The van der Waals surface area contributed by atoms with Crippen molar-refractivity contribution in [3.63, 3.8) is 0 Å². The topological polar surface area (TPSA) is 18.5 Å². The molecule has 0 saturated carbocycles. The van der Waals surface area contributed by atoms with Gasteiger partial charge in [0.2, 0.25) is 5.82 Å². The van der Waals surface area contributed by atoms with Crippen LogP contribution in [0.3, 0.4) is 0 Å². The third-order valence-corrected chi connectivity index (χ3v) is 7.90. The van der Waals surface area contributed by atoms with Crippen molar-refractivity contribution in [2.24, 2.45) is 0 Å². The van der Waals surface area contributed by atoms with Gasteiger partial charge in [0.05, 0.1) is 19.3 Å². The highest BCUT2D eigenvalue weighted by atomic mass is 19.2. The van der Waals surface area contributed by atoms with Gasteiger partial charge in [0.15, 0.2) is 11.6 Å². The van der Waals surface area contributed by atoms with Gasteiger partial charge in [-0.25, -0.2) is 4.39 Å². The number of halogens is 2. The van der Waals surface area contributed by atoms with Gasteiger partial charge in [-0.3, -0.25) is 0 Å². The number of rotatable bonds is 10. The molecule has 212 valence electrons. The minimum atomic E-state index is -0.944. The Labute approximate surface area is 242 Å². The van der Waals surface area contributed by atoms with Crippen LogP contribution in [0.25, 0.3) is 33.4 Å². The molecule has 1 aliphatic heterocycles. The van der Waals surface area contributed by atoms with Crippen LogP contribution in [0.1, 0.15) is 57.4 Å². The van der Waals surface area contributed by atoms with E-state index in [-0.39, 0.29) is 11.3 Å². The van der Waals surface area contributed by atoms with Crippen LogP contribution in [-0.2, 0) is 4.74 Å². The molecular weight excluding hydrogens is 514 g/mol. The van der Waals surface area contributed by atoms with E-state index in [0.717, 1.165) is 49.0 Å². The van der Waals surface area contributed by atoms with Crippen molar-refractivity contribution < 1.29 is 18.3 Å². The van der Waals surface area contributed by atoms with Crippen molar-refractivity contribution in [3.05, 3.63) is 114 Å². The Bertz CT molecular complexity index is 1430. The zero-order valence-corrected chi connectivity index (χ0v) is 23.9. The van der Waals surface area contributed by atoms with E-state index in [0.29, 0.717) is 24.2 Å². The maximum Gasteiger partial charge on any atom is 0.201 e. The molecule has 41 heavy (non-hydrogen) atoms. The molecule has 0 radical (unpaired) electrons. The predicted molar refractivity (Wildman–Crippen MR) is 164 cm³/mol. The van der Waals surface area contributed by atoms with Crippen molar-refractivity contribution in [2.45, 2.75) is 58.0 Å². The minimum Gasteiger partial charge on any atom is -0.490 e. The molecule has 4 aromatic rings. The Balaban J connectivity index is 1.21. The molecule has 2 nitrogen and oxygen atoms in total. The first-order valence-corrected chi connectivity index (χ1v) is 14.7. The zero-order chi connectivity index (χ0) is 28.6. The fraction of sp³-hybridized carbons (Fsp3) is 0.297. The second kappa shape index (κ2) is 13.7. The van der Waals surface area contributed by atoms with Gasteiger partial charge in [0.25, 0.3) is 0 Å². The first-order valence-electron chi connectivity index (χ1n) is 14.7. The number of benzene rings is 4. The van der Waals surface area contributed by atoms with Crippen LogP contribution in [0.15, 0.2) is 97.1 Å².